The fourth-order valence-electron chi connectivity index (χ4n) is 2.51. The van der Waals surface area contributed by atoms with E-state index in [4.69, 9.17) is 5.73 Å². The maximum atomic E-state index is 12.2. The van der Waals surface area contributed by atoms with E-state index in [9.17, 15) is 4.79 Å². The highest BCUT2D eigenvalue weighted by molar-refractivity contribution is 5.95. The predicted molar refractivity (Wildman–Crippen MR) is 75.7 cm³/mol. The molecule has 0 saturated carbocycles. The molecule has 0 aromatic heterocycles. The van der Waals surface area contributed by atoms with Crippen molar-refractivity contribution in [1.82, 2.24) is 0 Å². The molecule has 2 N–H and O–H groups in total. The molecule has 0 aliphatic carbocycles. The second-order valence-electron chi connectivity index (χ2n) is 4.99. The van der Waals surface area contributed by atoms with Crippen LogP contribution in [0.25, 0.3) is 0 Å². The summed E-state index contributed by atoms with van der Waals surface area (Å²) in [6.45, 7) is 2.99. The molecule has 2 rings (SSSR count). The number of rotatable bonds is 4. The van der Waals surface area contributed by atoms with Crippen molar-refractivity contribution in [1.29, 1.82) is 0 Å². The van der Waals surface area contributed by atoms with Gasteiger partial charge in [-0.2, -0.15) is 0 Å². The van der Waals surface area contributed by atoms with Gasteiger partial charge in [0.05, 0.1) is 0 Å². The summed E-state index contributed by atoms with van der Waals surface area (Å²) in [7, 11) is 0. The Hall–Kier alpha value is -1.51. The van der Waals surface area contributed by atoms with Gasteiger partial charge in [-0.15, -0.1) is 0 Å². The number of benzene rings is 1. The van der Waals surface area contributed by atoms with E-state index in [-0.39, 0.29) is 5.91 Å². The lowest BCUT2D eigenvalue weighted by molar-refractivity contribution is -0.118. The van der Waals surface area contributed by atoms with Gasteiger partial charge in [0.2, 0.25) is 5.91 Å². The van der Waals surface area contributed by atoms with Crippen molar-refractivity contribution in [3.63, 3.8) is 0 Å². The van der Waals surface area contributed by atoms with Crippen LogP contribution in [0.3, 0.4) is 0 Å². The third-order valence-corrected chi connectivity index (χ3v) is 3.52. The molecule has 1 aliphatic rings. The van der Waals surface area contributed by atoms with E-state index in [0.29, 0.717) is 6.42 Å². The van der Waals surface area contributed by atoms with Crippen molar-refractivity contribution in [2.45, 2.75) is 45.4 Å². The molecule has 98 valence electrons. The average Bonchev–Trinajstić information content (AvgIpc) is 2.38. The van der Waals surface area contributed by atoms with Gasteiger partial charge < -0.3 is 10.6 Å². The fraction of sp³-hybridized carbons (Fsp3) is 0.533. The third-order valence-electron chi connectivity index (χ3n) is 3.52. The lowest BCUT2D eigenvalue weighted by Gasteiger charge is -2.30. The van der Waals surface area contributed by atoms with Gasteiger partial charge in [-0.25, -0.2) is 0 Å². The predicted octanol–water partition coefficient (Wildman–Crippen LogP) is 3.13. The molecule has 0 bridgehead atoms. The Balaban J connectivity index is 2.11. The van der Waals surface area contributed by atoms with Crippen molar-refractivity contribution in [3.8, 4) is 0 Å². The van der Waals surface area contributed by atoms with Crippen LogP contribution >= 0.6 is 0 Å². The second-order valence-corrected chi connectivity index (χ2v) is 4.99. The summed E-state index contributed by atoms with van der Waals surface area (Å²) in [5, 5.41) is 0. The van der Waals surface area contributed by atoms with Crippen molar-refractivity contribution in [3.05, 3.63) is 23.8 Å². The van der Waals surface area contributed by atoms with Crippen LogP contribution in [0.5, 0.6) is 0 Å². The average molecular weight is 246 g/mol. The quantitative estimate of drug-likeness (QED) is 0.655. The molecule has 1 aliphatic heterocycles. The van der Waals surface area contributed by atoms with Crippen LogP contribution in [0.2, 0.25) is 0 Å². The van der Waals surface area contributed by atoms with Crippen LogP contribution in [0.1, 0.15) is 44.6 Å². The summed E-state index contributed by atoms with van der Waals surface area (Å²) < 4.78 is 0. The molecule has 1 aromatic rings. The van der Waals surface area contributed by atoms with Crippen LogP contribution in [-0.2, 0) is 11.2 Å². The van der Waals surface area contributed by atoms with Crippen LogP contribution in [-0.4, -0.2) is 12.5 Å². The standard InChI is InChI=1S/C15H22N2O/c1-2-3-4-7-15(18)17-10-5-6-12-8-9-13(16)11-14(12)17/h8-9,11H,2-7,10,16H2,1H3. The molecule has 18 heavy (non-hydrogen) atoms. The van der Waals surface area contributed by atoms with Gasteiger partial charge in [-0.3, -0.25) is 4.79 Å². The Morgan fingerprint density at radius 3 is 3.00 bits per heavy atom. The summed E-state index contributed by atoms with van der Waals surface area (Å²) in [6.07, 6.45) is 6.02. The van der Waals surface area contributed by atoms with Gasteiger partial charge in [0.15, 0.2) is 0 Å². The largest absolute Gasteiger partial charge is 0.399 e. The Bertz CT molecular complexity index is 429. The number of fused-ring (bicyclic) bond motifs is 1. The number of nitrogens with zero attached hydrogens (tertiary/aromatic N) is 1. The summed E-state index contributed by atoms with van der Waals surface area (Å²) in [5.41, 5.74) is 8.85. The van der Waals surface area contributed by atoms with Crippen LogP contribution in [0.15, 0.2) is 18.2 Å². The maximum absolute atomic E-state index is 12.2. The number of anilines is 2. The van der Waals surface area contributed by atoms with Gasteiger partial charge in [-0.05, 0) is 37.0 Å². The number of aryl methyl sites for hydroxylation is 1. The van der Waals surface area contributed by atoms with Crippen LogP contribution in [0, 0.1) is 0 Å². The molecule has 0 atom stereocenters. The first-order chi connectivity index (χ1) is 8.72. The number of nitrogen functional groups attached to an aromatic ring is 1. The first kappa shape index (κ1) is 12.9. The Morgan fingerprint density at radius 1 is 1.39 bits per heavy atom. The summed E-state index contributed by atoms with van der Waals surface area (Å²) in [5.74, 6) is 0.245. The third kappa shape index (κ3) is 2.84. The zero-order valence-electron chi connectivity index (χ0n) is 11.1. The smallest absolute Gasteiger partial charge is 0.226 e. The van der Waals surface area contributed by atoms with Crippen LogP contribution < -0.4 is 10.6 Å². The lowest BCUT2D eigenvalue weighted by atomic mass is 10.0. The van der Waals surface area contributed by atoms with Gasteiger partial charge in [0, 0.05) is 24.3 Å². The topological polar surface area (TPSA) is 46.3 Å². The first-order valence-corrected chi connectivity index (χ1v) is 6.91. The Morgan fingerprint density at radius 2 is 2.22 bits per heavy atom. The molecule has 1 amide bonds. The van der Waals surface area contributed by atoms with E-state index in [0.717, 1.165) is 50.0 Å². The molecule has 0 radical (unpaired) electrons. The minimum atomic E-state index is 0.245. The van der Waals surface area contributed by atoms with Gasteiger partial charge in [0.1, 0.15) is 0 Å². The van der Waals surface area contributed by atoms with Crippen molar-refractivity contribution in [2.24, 2.45) is 0 Å². The minimum Gasteiger partial charge on any atom is -0.399 e. The Kier molecular flexibility index (Phi) is 4.24. The van der Waals surface area contributed by atoms with Crippen molar-refractivity contribution in [2.75, 3.05) is 17.2 Å². The highest BCUT2D eigenvalue weighted by Gasteiger charge is 2.21. The van der Waals surface area contributed by atoms with Crippen LogP contribution in [0.4, 0.5) is 11.4 Å². The van der Waals surface area contributed by atoms with E-state index in [1.807, 2.05) is 17.0 Å². The minimum absolute atomic E-state index is 0.245. The van der Waals surface area contributed by atoms with E-state index < -0.39 is 0 Å². The maximum Gasteiger partial charge on any atom is 0.226 e. The second kappa shape index (κ2) is 5.89. The number of carbonyl (C=O) groups is 1. The summed E-state index contributed by atoms with van der Waals surface area (Å²) in [4.78, 5) is 14.2. The number of amides is 1. The van der Waals surface area contributed by atoms with E-state index in [1.165, 1.54) is 5.56 Å². The van der Waals surface area contributed by atoms with E-state index in [1.54, 1.807) is 0 Å². The van der Waals surface area contributed by atoms with Crippen molar-refractivity contribution < 1.29 is 4.79 Å². The lowest BCUT2D eigenvalue weighted by Crippen LogP contribution is -2.35. The monoisotopic (exact) mass is 246 g/mol. The summed E-state index contributed by atoms with van der Waals surface area (Å²) >= 11 is 0. The normalized spacial score (nSPS) is 14.4. The fourth-order valence-corrected chi connectivity index (χ4v) is 2.51. The molecular formula is C15H22N2O. The molecule has 3 heteroatoms. The number of nitrogens with two attached hydrogens (primary N) is 1. The van der Waals surface area contributed by atoms with Gasteiger partial charge in [-0.1, -0.05) is 25.8 Å². The number of unbranched alkanes of at least 4 members (excludes halogenated alkanes) is 2. The molecule has 0 spiro atoms. The number of hydrogen-bond donors (Lipinski definition) is 1. The highest BCUT2D eigenvalue weighted by atomic mass is 16.2. The number of carbonyl (C=O) groups excluding carboxylic acids is 1. The zero-order valence-corrected chi connectivity index (χ0v) is 11.1. The van der Waals surface area contributed by atoms with E-state index in [2.05, 4.69) is 13.0 Å². The molecule has 3 nitrogen and oxygen atoms in total. The summed E-state index contributed by atoms with van der Waals surface area (Å²) in [6, 6.07) is 5.91. The van der Waals surface area contributed by atoms with E-state index >= 15 is 0 Å². The molecule has 0 fully saturated rings. The Labute approximate surface area is 109 Å². The van der Waals surface area contributed by atoms with Crippen molar-refractivity contribution >= 4 is 17.3 Å². The zero-order chi connectivity index (χ0) is 13.0. The first-order valence-electron chi connectivity index (χ1n) is 6.91. The molecule has 0 unspecified atom stereocenters. The highest BCUT2D eigenvalue weighted by Crippen LogP contribution is 2.29. The SMILES string of the molecule is CCCCCC(=O)N1CCCc2ccc(N)cc21. The van der Waals surface area contributed by atoms with Gasteiger partial charge >= 0.3 is 0 Å². The van der Waals surface area contributed by atoms with Gasteiger partial charge in [0.25, 0.3) is 0 Å². The molecular weight excluding hydrogens is 224 g/mol. The molecule has 0 saturated heterocycles. The number of hydrogen-bond acceptors (Lipinski definition) is 2. The molecule has 1 aromatic carbocycles. The molecule has 1 heterocycles.